The van der Waals surface area contributed by atoms with Crippen LogP contribution in [0.5, 0.6) is 11.5 Å². The number of nitrogens with zero attached hydrogens (tertiary/aromatic N) is 1. The standard InChI is InChI=1S/C33H46N2O3S/c1-3-4-5-6-7-8-9-10-11-12-13-14-22-38-32-24-29(17-20-31(32)37-2)25-33(36)34-30-18-15-28(16-19-30)26-35-21-23-39-27-35/h15-21,23-24,27H,3-14,22,25-26H2,1-2H3/p+1. The van der Waals surface area contributed by atoms with Gasteiger partial charge in [0.05, 0.1) is 25.5 Å². The lowest BCUT2D eigenvalue weighted by Crippen LogP contribution is -2.30. The van der Waals surface area contributed by atoms with Crippen LogP contribution in [0.25, 0.3) is 0 Å². The Morgan fingerprint density at radius 3 is 2.08 bits per heavy atom. The average Bonchev–Trinajstić information content (AvgIpc) is 3.45. The van der Waals surface area contributed by atoms with Crippen molar-refractivity contribution in [3.63, 3.8) is 0 Å². The lowest BCUT2D eigenvalue weighted by atomic mass is 10.1. The van der Waals surface area contributed by atoms with Gasteiger partial charge in [0.2, 0.25) is 11.4 Å². The third kappa shape index (κ3) is 12.2. The minimum absolute atomic E-state index is 0.0490. The van der Waals surface area contributed by atoms with Crippen molar-refractivity contribution in [3.8, 4) is 11.5 Å². The Morgan fingerprint density at radius 2 is 1.46 bits per heavy atom. The Bertz CT molecular complexity index is 1070. The fraction of sp³-hybridized carbons (Fsp3) is 0.515. The minimum atomic E-state index is -0.0490. The maximum absolute atomic E-state index is 12.7. The lowest BCUT2D eigenvalue weighted by Gasteiger charge is -2.13. The third-order valence-corrected chi connectivity index (χ3v) is 7.65. The van der Waals surface area contributed by atoms with E-state index in [1.54, 1.807) is 18.4 Å². The summed E-state index contributed by atoms with van der Waals surface area (Å²) in [7, 11) is 1.65. The molecule has 0 radical (unpaired) electrons. The van der Waals surface area contributed by atoms with Crippen LogP contribution in [0.2, 0.25) is 0 Å². The van der Waals surface area contributed by atoms with E-state index in [0.29, 0.717) is 18.1 Å². The molecule has 39 heavy (non-hydrogen) atoms. The fourth-order valence-electron chi connectivity index (χ4n) is 4.72. The predicted octanol–water partition coefficient (Wildman–Crippen LogP) is 8.35. The number of unbranched alkanes of at least 4 members (excludes halogenated alkanes) is 11. The van der Waals surface area contributed by atoms with Crippen LogP contribution in [-0.2, 0) is 17.8 Å². The molecular weight excluding hydrogens is 504 g/mol. The summed E-state index contributed by atoms with van der Waals surface area (Å²) in [5, 5.41) is 5.06. The summed E-state index contributed by atoms with van der Waals surface area (Å²) in [6, 6.07) is 13.8. The van der Waals surface area contributed by atoms with Gasteiger partial charge in [0.25, 0.3) is 0 Å². The molecule has 0 aliphatic carbocycles. The van der Waals surface area contributed by atoms with Crippen molar-refractivity contribution in [2.24, 2.45) is 0 Å². The molecule has 0 atom stereocenters. The number of thiazole rings is 1. The summed E-state index contributed by atoms with van der Waals surface area (Å²) in [6.45, 7) is 3.76. The van der Waals surface area contributed by atoms with Crippen LogP contribution in [-0.4, -0.2) is 19.6 Å². The van der Waals surface area contributed by atoms with Crippen LogP contribution in [0.15, 0.2) is 59.6 Å². The number of aromatic nitrogens is 1. The van der Waals surface area contributed by atoms with Crippen molar-refractivity contribution < 1.29 is 18.8 Å². The zero-order valence-electron chi connectivity index (χ0n) is 24.0. The largest absolute Gasteiger partial charge is 0.493 e. The molecule has 0 saturated carbocycles. The second-order valence-electron chi connectivity index (χ2n) is 10.3. The lowest BCUT2D eigenvalue weighted by molar-refractivity contribution is -0.683. The molecule has 0 fully saturated rings. The molecule has 5 nitrogen and oxygen atoms in total. The molecule has 1 heterocycles. The first-order valence-corrected chi connectivity index (χ1v) is 15.7. The van der Waals surface area contributed by atoms with Gasteiger partial charge in [0.1, 0.15) is 0 Å². The van der Waals surface area contributed by atoms with Crippen molar-refractivity contribution >= 4 is 22.9 Å². The van der Waals surface area contributed by atoms with Crippen molar-refractivity contribution in [2.45, 2.75) is 96.9 Å². The maximum atomic E-state index is 12.7. The summed E-state index contributed by atoms with van der Waals surface area (Å²) < 4.78 is 13.7. The highest BCUT2D eigenvalue weighted by Crippen LogP contribution is 2.29. The van der Waals surface area contributed by atoms with Gasteiger partial charge in [-0.15, -0.1) is 0 Å². The average molecular weight is 552 g/mol. The molecule has 6 heteroatoms. The number of hydrogen-bond donors (Lipinski definition) is 1. The van der Waals surface area contributed by atoms with Crippen LogP contribution in [0.4, 0.5) is 5.69 Å². The maximum Gasteiger partial charge on any atom is 0.228 e. The second-order valence-corrected chi connectivity index (χ2v) is 11.1. The van der Waals surface area contributed by atoms with E-state index in [1.165, 1.54) is 76.2 Å². The Kier molecular flexibility index (Phi) is 14.5. The topological polar surface area (TPSA) is 51.4 Å². The van der Waals surface area contributed by atoms with Gasteiger partial charge >= 0.3 is 0 Å². The highest BCUT2D eigenvalue weighted by atomic mass is 32.1. The first-order valence-electron chi connectivity index (χ1n) is 14.8. The number of carbonyl (C=O) groups is 1. The summed E-state index contributed by atoms with van der Waals surface area (Å²) in [6.07, 6.45) is 18.2. The number of hydrogen-bond acceptors (Lipinski definition) is 4. The number of carbonyl (C=O) groups excluding carboxylic acids is 1. The molecule has 1 amide bonds. The van der Waals surface area contributed by atoms with Gasteiger partial charge < -0.3 is 14.8 Å². The van der Waals surface area contributed by atoms with E-state index in [4.69, 9.17) is 9.47 Å². The number of benzene rings is 2. The monoisotopic (exact) mass is 551 g/mol. The summed E-state index contributed by atoms with van der Waals surface area (Å²) in [5.74, 6) is 1.37. The Morgan fingerprint density at radius 1 is 0.821 bits per heavy atom. The third-order valence-electron chi connectivity index (χ3n) is 6.98. The van der Waals surface area contributed by atoms with Gasteiger partial charge in [0.15, 0.2) is 24.2 Å². The van der Waals surface area contributed by atoms with Crippen molar-refractivity contribution in [1.29, 1.82) is 0 Å². The molecule has 0 unspecified atom stereocenters. The van der Waals surface area contributed by atoms with E-state index in [-0.39, 0.29) is 12.3 Å². The molecule has 212 valence electrons. The van der Waals surface area contributed by atoms with Crippen molar-refractivity contribution in [1.82, 2.24) is 0 Å². The molecule has 3 rings (SSSR count). The van der Waals surface area contributed by atoms with Gasteiger partial charge in [-0.05, 0) is 36.2 Å². The molecule has 1 N–H and O–H groups in total. The van der Waals surface area contributed by atoms with E-state index in [0.717, 1.165) is 24.2 Å². The molecule has 0 aliphatic heterocycles. The summed E-state index contributed by atoms with van der Waals surface area (Å²) >= 11 is 1.68. The van der Waals surface area contributed by atoms with E-state index < -0.39 is 0 Å². The quantitative estimate of drug-likeness (QED) is 0.113. The highest BCUT2D eigenvalue weighted by molar-refractivity contribution is 7.07. The number of anilines is 1. The first kappa shape index (κ1) is 30.7. The molecular formula is C33H47N2O3S+. The molecule has 3 aromatic rings. The summed E-state index contributed by atoms with van der Waals surface area (Å²) in [5.41, 5.74) is 4.99. The molecule has 0 spiro atoms. The minimum Gasteiger partial charge on any atom is -0.493 e. The zero-order chi connectivity index (χ0) is 27.5. The number of nitrogens with one attached hydrogen (secondary N) is 1. The SMILES string of the molecule is CCCCCCCCCCCCCCOc1cc(CC(=O)Nc2ccc(C[n+]3ccsc3)cc2)ccc1OC. The van der Waals surface area contributed by atoms with E-state index in [2.05, 4.69) is 46.0 Å². The highest BCUT2D eigenvalue weighted by Gasteiger charge is 2.10. The number of amides is 1. The number of methoxy groups -OCH3 is 1. The Hall–Kier alpha value is -2.86. The smallest absolute Gasteiger partial charge is 0.228 e. The molecule has 1 aromatic heterocycles. The summed E-state index contributed by atoms with van der Waals surface area (Å²) in [4.78, 5) is 12.7. The van der Waals surface area contributed by atoms with Crippen LogP contribution >= 0.6 is 11.3 Å². The zero-order valence-corrected chi connectivity index (χ0v) is 24.8. The van der Waals surface area contributed by atoms with Crippen LogP contribution < -0.4 is 19.4 Å². The predicted molar refractivity (Wildman–Crippen MR) is 162 cm³/mol. The van der Waals surface area contributed by atoms with Crippen LogP contribution in [0.3, 0.4) is 0 Å². The fourth-order valence-corrected chi connectivity index (χ4v) is 5.31. The Balaban J connectivity index is 1.33. The van der Waals surface area contributed by atoms with Gasteiger partial charge in [-0.25, -0.2) is 0 Å². The number of rotatable bonds is 20. The van der Waals surface area contributed by atoms with Crippen LogP contribution in [0.1, 0.15) is 95.1 Å². The molecule has 0 aliphatic rings. The van der Waals surface area contributed by atoms with E-state index in [1.807, 2.05) is 30.3 Å². The molecule has 0 saturated heterocycles. The van der Waals surface area contributed by atoms with Gasteiger partial charge in [-0.3, -0.25) is 4.79 Å². The van der Waals surface area contributed by atoms with E-state index in [9.17, 15) is 4.79 Å². The molecule has 0 bridgehead atoms. The van der Waals surface area contributed by atoms with Gasteiger partial charge in [0, 0.05) is 11.3 Å². The second kappa shape index (κ2) is 18.4. The first-order chi connectivity index (χ1) is 19.2. The number of ether oxygens (including phenoxy) is 2. The van der Waals surface area contributed by atoms with Crippen LogP contribution in [0, 0.1) is 0 Å². The molecule has 2 aromatic carbocycles. The van der Waals surface area contributed by atoms with E-state index >= 15 is 0 Å². The van der Waals surface area contributed by atoms with Crippen molar-refractivity contribution in [2.75, 3.05) is 19.0 Å². The van der Waals surface area contributed by atoms with Gasteiger partial charge in [-0.1, -0.05) is 107 Å². The van der Waals surface area contributed by atoms with Crippen molar-refractivity contribution in [3.05, 3.63) is 70.7 Å². The normalized spacial score (nSPS) is 10.9. The Labute approximate surface area is 239 Å². The van der Waals surface area contributed by atoms with Gasteiger partial charge in [-0.2, -0.15) is 4.57 Å².